The number of benzene rings is 3. The monoisotopic (exact) mass is 503 g/mol. The largest absolute Gasteiger partial charge is 0.457 e. The Balaban J connectivity index is 1.54. The van der Waals surface area contributed by atoms with Crippen LogP contribution < -0.4 is 10.1 Å². The number of para-hydroxylation sites is 2. The summed E-state index contributed by atoms with van der Waals surface area (Å²) in [6.45, 7) is 1.84. The quantitative estimate of drug-likeness (QED) is 0.319. The molecule has 4 aromatic rings. The molecule has 0 saturated carbocycles. The van der Waals surface area contributed by atoms with Crippen molar-refractivity contribution in [1.82, 2.24) is 15.0 Å². The lowest BCUT2D eigenvalue weighted by molar-refractivity contribution is 0.164. The summed E-state index contributed by atoms with van der Waals surface area (Å²) in [6.07, 6.45) is 2.02. The number of carbonyl (C=O) groups excluding carboxylic acids is 1. The van der Waals surface area contributed by atoms with Crippen molar-refractivity contribution in [3.63, 3.8) is 0 Å². The van der Waals surface area contributed by atoms with Crippen LogP contribution in [0.2, 0.25) is 0 Å². The Morgan fingerprint density at radius 3 is 2.58 bits per heavy atom. The molecular weight excluding hydrogens is 478 g/mol. The van der Waals surface area contributed by atoms with Crippen molar-refractivity contribution in [2.24, 2.45) is 4.36 Å². The molecule has 4 rings (SSSR count). The normalized spacial score (nSPS) is 12.3. The van der Waals surface area contributed by atoms with E-state index in [-0.39, 0.29) is 12.4 Å². The first kappa shape index (κ1) is 24.8. The predicted molar refractivity (Wildman–Crippen MR) is 139 cm³/mol. The van der Waals surface area contributed by atoms with E-state index in [0.717, 1.165) is 5.56 Å². The van der Waals surface area contributed by atoms with Crippen LogP contribution in [0.5, 0.6) is 11.5 Å². The molecule has 0 fully saturated rings. The zero-order valence-corrected chi connectivity index (χ0v) is 20.6. The highest BCUT2D eigenvalue weighted by Crippen LogP contribution is 2.31. The number of nitrogens with zero attached hydrogens (tertiary/aromatic N) is 4. The van der Waals surface area contributed by atoms with E-state index < -0.39 is 15.8 Å². The number of ether oxygens (including phenoxy) is 2. The van der Waals surface area contributed by atoms with Gasteiger partial charge in [0.15, 0.2) is 5.82 Å². The molecule has 0 bridgehead atoms. The van der Waals surface area contributed by atoms with Gasteiger partial charge < -0.3 is 14.8 Å². The minimum atomic E-state index is -2.80. The van der Waals surface area contributed by atoms with Crippen LogP contribution in [0.4, 0.5) is 16.4 Å². The Labute approximate surface area is 209 Å². The molecule has 0 saturated heterocycles. The van der Waals surface area contributed by atoms with E-state index in [0.29, 0.717) is 34.5 Å². The Hall–Kier alpha value is -4.31. The predicted octanol–water partition coefficient (Wildman–Crippen LogP) is 5.83. The highest BCUT2D eigenvalue weighted by molar-refractivity contribution is 7.92. The van der Waals surface area contributed by atoms with Crippen molar-refractivity contribution in [2.45, 2.75) is 12.7 Å². The molecule has 1 unspecified atom stereocenters. The van der Waals surface area contributed by atoms with Crippen molar-refractivity contribution < 1.29 is 18.5 Å². The summed E-state index contributed by atoms with van der Waals surface area (Å²) in [7, 11) is -2.80. The average molecular weight is 504 g/mol. The third-order valence-corrected chi connectivity index (χ3v) is 6.23. The van der Waals surface area contributed by atoms with Crippen molar-refractivity contribution in [1.29, 1.82) is 0 Å². The molecule has 1 heterocycles. The standard InChI is InChI=1S/C26H25N5O4S/c1-3-34-26(32)31-36(2,33)17-19-10-9-11-20(16-19)29-25-28-18-27-24(30-25)22-14-7-8-15-23(22)35-21-12-5-4-6-13-21/h4-16,18H,3,17H2,1-2H3,(H,27,28,29,30). The zero-order chi connectivity index (χ0) is 25.4. The molecule has 0 radical (unpaired) electrons. The third-order valence-electron chi connectivity index (χ3n) is 4.82. The van der Waals surface area contributed by atoms with Gasteiger partial charge in [0, 0.05) is 11.9 Å². The molecule has 1 N–H and O–H groups in total. The number of amides is 1. The Kier molecular flexibility index (Phi) is 7.86. The first-order valence-electron chi connectivity index (χ1n) is 11.2. The van der Waals surface area contributed by atoms with Gasteiger partial charge in [-0.25, -0.2) is 19.0 Å². The van der Waals surface area contributed by atoms with Gasteiger partial charge in [0.1, 0.15) is 17.8 Å². The van der Waals surface area contributed by atoms with Crippen LogP contribution in [0, 0.1) is 0 Å². The topological polar surface area (TPSA) is 116 Å². The Morgan fingerprint density at radius 1 is 1.00 bits per heavy atom. The van der Waals surface area contributed by atoms with Crippen molar-refractivity contribution in [3.8, 4) is 22.9 Å². The van der Waals surface area contributed by atoms with Crippen LogP contribution >= 0.6 is 0 Å². The maximum atomic E-state index is 12.7. The molecule has 1 amide bonds. The van der Waals surface area contributed by atoms with Crippen LogP contribution in [0.25, 0.3) is 11.4 Å². The van der Waals surface area contributed by atoms with Crippen molar-refractivity contribution in [2.75, 3.05) is 18.2 Å². The van der Waals surface area contributed by atoms with Crippen LogP contribution in [0.3, 0.4) is 0 Å². The van der Waals surface area contributed by atoms with Gasteiger partial charge >= 0.3 is 6.09 Å². The molecule has 36 heavy (non-hydrogen) atoms. The van der Waals surface area contributed by atoms with Gasteiger partial charge in [0.05, 0.1) is 27.7 Å². The number of hydrogen-bond donors (Lipinski definition) is 1. The maximum Gasteiger partial charge on any atom is 0.441 e. The summed E-state index contributed by atoms with van der Waals surface area (Å²) in [6, 6.07) is 24.2. The lowest BCUT2D eigenvalue weighted by Gasteiger charge is -2.11. The number of aromatic nitrogens is 3. The van der Waals surface area contributed by atoms with Gasteiger partial charge in [0.2, 0.25) is 5.95 Å². The van der Waals surface area contributed by atoms with Gasteiger partial charge in [-0.05, 0) is 48.9 Å². The number of rotatable bonds is 8. The molecule has 0 spiro atoms. The summed E-state index contributed by atoms with van der Waals surface area (Å²) in [4.78, 5) is 24.7. The number of hydrogen-bond acceptors (Lipinski definition) is 8. The minimum Gasteiger partial charge on any atom is -0.457 e. The van der Waals surface area contributed by atoms with Crippen molar-refractivity contribution in [3.05, 3.63) is 90.8 Å². The van der Waals surface area contributed by atoms with E-state index in [1.54, 1.807) is 13.0 Å². The number of anilines is 2. The second-order valence-electron chi connectivity index (χ2n) is 7.76. The van der Waals surface area contributed by atoms with Crippen molar-refractivity contribution >= 4 is 27.5 Å². The average Bonchev–Trinajstić information content (AvgIpc) is 2.85. The molecule has 1 atom stereocenters. The highest BCUT2D eigenvalue weighted by atomic mass is 32.2. The smallest absolute Gasteiger partial charge is 0.441 e. The Morgan fingerprint density at radius 2 is 1.78 bits per heavy atom. The van der Waals surface area contributed by atoms with Crippen LogP contribution in [0.1, 0.15) is 12.5 Å². The molecule has 1 aromatic heterocycles. The van der Waals surface area contributed by atoms with Crippen LogP contribution in [-0.4, -0.2) is 38.1 Å². The first-order chi connectivity index (χ1) is 17.4. The molecule has 0 aliphatic heterocycles. The number of nitrogens with one attached hydrogen (secondary N) is 1. The van der Waals surface area contributed by atoms with Gasteiger partial charge in [-0.3, -0.25) is 0 Å². The van der Waals surface area contributed by atoms with Gasteiger partial charge in [-0.1, -0.05) is 42.5 Å². The van der Waals surface area contributed by atoms with Gasteiger partial charge in [-0.2, -0.15) is 4.98 Å². The van der Waals surface area contributed by atoms with Crippen LogP contribution in [-0.2, 0) is 20.2 Å². The van der Waals surface area contributed by atoms with E-state index in [1.165, 1.54) is 12.6 Å². The van der Waals surface area contributed by atoms with E-state index in [4.69, 9.17) is 9.47 Å². The third kappa shape index (κ3) is 6.86. The highest BCUT2D eigenvalue weighted by Gasteiger charge is 2.12. The molecule has 0 aliphatic rings. The summed E-state index contributed by atoms with van der Waals surface area (Å²) in [5.74, 6) is 2.19. The molecular formula is C26H25N5O4S. The first-order valence-corrected chi connectivity index (χ1v) is 13.2. The summed E-state index contributed by atoms with van der Waals surface area (Å²) in [5, 5.41) is 3.15. The van der Waals surface area contributed by atoms with E-state index in [1.807, 2.05) is 72.8 Å². The molecule has 10 heteroatoms. The molecule has 0 aliphatic carbocycles. The minimum absolute atomic E-state index is 0.0913. The van der Waals surface area contributed by atoms with E-state index >= 15 is 0 Å². The Bertz CT molecular complexity index is 1470. The van der Waals surface area contributed by atoms with Crippen LogP contribution in [0.15, 0.2) is 89.6 Å². The van der Waals surface area contributed by atoms with Gasteiger partial charge in [0.25, 0.3) is 0 Å². The number of carbonyl (C=O) groups is 1. The SMILES string of the molecule is CCOC(=O)N=S(C)(=O)Cc1cccc(Nc2ncnc(-c3ccccc3Oc3ccccc3)n2)c1. The second kappa shape index (κ2) is 11.4. The lowest BCUT2D eigenvalue weighted by Crippen LogP contribution is -2.07. The van der Waals surface area contributed by atoms with E-state index in [2.05, 4.69) is 24.6 Å². The van der Waals surface area contributed by atoms with E-state index in [9.17, 15) is 9.00 Å². The lowest BCUT2D eigenvalue weighted by atomic mass is 10.2. The van der Waals surface area contributed by atoms with Gasteiger partial charge in [-0.15, -0.1) is 4.36 Å². The molecule has 184 valence electrons. The summed E-state index contributed by atoms with van der Waals surface area (Å²) in [5.41, 5.74) is 2.13. The fraction of sp³-hybridized carbons (Fsp3) is 0.154. The molecule has 3 aromatic carbocycles. The fourth-order valence-electron chi connectivity index (χ4n) is 3.36. The fourth-order valence-corrected chi connectivity index (χ4v) is 4.59. The second-order valence-corrected chi connectivity index (χ2v) is 10.2. The zero-order valence-electron chi connectivity index (χ0n) is 19.8. The molecule has 9 nitrogen and oxygen atoms in total. The summed E-state index contributed by atoms with van der Waals surface area (Å²) < 4.78 is 27.3. The summed E-state index contributed by atoms with van der Waals surface area (Å²) >= 11 is 0. The maximum absolute atomic E-state index is 12.7.